The molecule has 4 heteroatoms. The standard InChI is InChI=1S/C3H6O2.C3H9Si.Na/c1-2-3(4)5;1-4(2)3;/h2H2,1H3,(H,4,5);1-3H3;. The van der Waals surface area contributed by atoms with Gasteiger partial charge in [-0.1, -0.05) is 6.92 Å². The Morgan fingerprint density at radius 3 is 1.60 bits per heavy atom. The van der Waals surface area contributed by atoms with E-state index in [0.717, 1.165) is 0 Å². The quantitative estimate of drug-likeness (QED) is 0.605. The first-order valence-corrected chi connectivity index (χ1v) is 10.5. The monoisotopic (exact) mass is 170 g/mol. The summed E-state index contributed by atoms with van der Waals surface area (Å²) in [6.45, 7) is 8.76. The summed E-state index contributed by atoms with van der Waals surface area (Å²) in [6, 6.07) is 0. The van der Waals surface area contributed by atoms with Crippen molar-refractivity contribution in [2.24, 2.45) is 0 Å². The Bertz CT molecular complexity index is 92.4. The molecule has 0 atom stereocenters. The minimum atomic E-state index is -0.745. The van der Waals surface area contributed by atoms with Gasteiger partial charge < -0.3 is 5.11 Å². The van der Waals surface area contributed by atoms with Crippen molar-refractivity contribution in [2.75, 3.05) is 0 Å². The molecule has 10 heavy (non-hydrogen) atoms. The molecule has 0 bridgehead atoms. The van der Waals surface area contributed by atoms with Crippen LogP contribution in [0, 0.1) is 0 Å². The maximum atomic E-state index is 9.37. The van der Waals surface area contributed by atoms with Gasteiger partial charge in [-0.05, 0) is 0 Å². The van der Waals surface area contributed by atoms with E-state index in [4.69, 9.17) is 5.11 Å². The first-order valence-electron chi connectivity index (χ1n) is 3.49. The molecule has 2 nitrogen and oxygen atoms in total. The predicted octanol–water partition coefficient (Wildman–Crippen LogP) is 1.47. The van der Waals surface area contributed by atoms with Crippen molar-refractivity contribution in [1.82, 2.24) is 0 Å². The second-order valence-corrected chi connectivity index (χ2v) is 18.7. The zero-order valence-corrected chi connectivity index (χ0v) is 10.6. The fourth-order valence-electron chi connectivity index (χ4n) is 0. The summed E-state index contributed by atoms with van der Waals surface area (Å²) in [4.78, 5) is 9.37. The van der Waals surface area contributed by atoms with Crippen LogP contribution in [0.2, 0.25) is 19.6 Å². The fraction of sp³-hybridized carbons (Fsp3) is 0.833. The van der Waals surface area contributed by atoms with Crippen LogP contribution in [-0.2, 0) is 4.79 Å². The molecule has 0 saturated carbocycles. The molecule has 1 N–H and O–H groups in total. The number of aliphatic carboxylic acids is 1. The minimum absolute atomic E-state index is 0.222. The van der Waals surface area contributed by atoms with Gasteiger partial charge in [0.25, 0.3) is 0 Å². The number of hydrogen-bond acceptors (Lipinski definition) is 1. The van der Waals surface area contributed by atoms with Crippen molar-refractivity contribution in [3.8, 4) is 0 Å². The number of carbonyl (C=O) groups is 1. The number of hydrogen-bond donors (Lipinski definition) is 1. The molecule has 0 aromatic rings. The van der Waals surface area contributed by atoms with Crippen molar-refractivity contribution in [3.05, 3.63) is 0 Å². The third kappa shape index (κ3) is 71.1. The van der Waals surface area contributed by atoms with Gasteiger partial charge in [-0.3, -0.25) is 4.79 Å². The van der Waals surface area contributed by atoms with Gasteiger partial charge >= 0.3 is 57.3 Å². The molecule has 0 rings (SSSR count). The van der Waals surface area contributed by atoms with Gasteiger partial charge in [0.15, 0.2) is 0 Å². The Morgan fingerprint density at radius 2 is 1.60 bits per heavy atom. The Hall–Kier alpha value is 0.687. The molecule has 0 fully saturated rings. The predicted molar refractivity (Wildman–Crippen MR) is 47.0 cm³/mol. The maximum absolute atomic E-state index is 9.37. The topological polar surface area (TPSA) is 37.3 Å². The van der Waals surface area contributed by atoms with Gasteiger partial charge in [0.2, 0.25) is 0 Å². The van der Waals surface area contributed by atoms with Crippen molar-refractivity contribution in [2.45, 2.75) is 33.0 Å². The zero-order chi connectivity index (χ0) is 8.78. The summed E-state index contributed by atoms with van der Waals surface area (Å²) >= 11 is 1.45. The van der Waals surface area contributed by atoms with E-state index in [1.165, 1.54) is 27.0 Å². The molecule has 0 aliphatic rings. The van der Waals surface area contributed by atoms with Gasteiger partial charge in [0, 0.05) is 6.42 Å². The average Bonchev–Trinajstić information content (AvgIpc) is 1.61. The number of carboxylic acids is 1. The molecule has 0 unspecified atom stereocenters. The molecule has 0 aromatic carbocycles. The zero-order valence-electron chi connectivity index (χ0n) is 7.56. The molecule has 0 aliphatic carbocycles. The molecule has 0 spiro atoms. The third-order valence-corrected chi connectivity index (χ3v) is 0.302. The van der Waals surface area contributed by atoms with Crippen LogP contribution in [0.25, 0.3) is 0 Å². The Kier molecular flexibility index (Phi) is 8.51. The van der Waals surface area contributed by atoms with Gasteiger partial charge in [0.05, 0.1) is 0 Å². The van der Waals surface area contributed by atoms with Gasteiger partial charge in [-0.15, -0.1) is 0 Å². The SMILES string of the molecule is CCC(=O)O.C[Si](C)(C)[Na]. The fourth-order valence-corrected chi connectivity index (χ4v) is 0. The van der Waals surface area contributed by atoms with E-state index < -0.39 is 10.6 Å². The Balaban J connectivity index is 0. The van der Waals surface area contributed by atoms with Crippen LogP contribution in [-0.4, -0.2) is 42.7 Å². The van der Waals surface area contributed by atoms with E-state index >= 15 is 0 Å². The number of rotatable bonds is 1. The molecule has 0 aliphatic heterocycles. The number of carboxylic acid groups (broad SMARTS) is 1. The summed E-state index contributed by atoms with van der Waals surface area (Å²) in [5.74, 6) is -0.745. The van der Waals surface area contributed by atoms with Crippen molar-refractivity contribution in [1.29, 1.82) is 0 Å². The second-order valence-electron chi connectivity index (χ2n) is 3.75. The molecule has 56 valence electrons. The summed E-state index contributed by atoms with van der Waals surface area (Å²) in [5, 5.41) is 7.72. The molecular formula is C6H15NaO2Si. The summed E-state index contributed by atoms with van der Waals surface area (Å²) in [7, 11) is 0. The molecule has 0 amide bonds. The van der Waals surface area contributed by atoms with E-state index in [0.29, 0.717) is 0 Å². The second kappa shape index (κ2) is 6.40. The Labute approximate surface area is 80.2 Å². The van der Waals surface area contributed by atoms with Crippen LogP contribution < -0.4 is 0 Å². The van der Waals surface area contributed by atoms with E-state index in [1.54, 1.807) is 6.92 Å². The Morgan fingerprint density at radius 1 is 1.50 bits per heavy atom. The van der Waals surface area contributed by atoms with E-state index in [1.807, 2.05) is 0 Å². The molecule has 0 heterocycles. The van der Waals surface area contributed by atoms with Crippen LogP contribution in [0.3, 0.4) is 0 Å². The summed E-state index contributed by atoms with van der Waals surface area (Å²) in [6.07, 6.45) is 0.222. The van der Waals surface area contributed by atoms with Crippen LogP contribution >= 0.6 is 0 Å². The van der Waals surface area contributed by atoms with Crippen molar-refractivity contribution < 1.29 is 9.90 Å². The van der Waals surface area contributed by atoms with Crippen LogP contribution in [0.5, 0.6) is 0 Å². The molecular weight excluding hydrogens is 155 g/mol. The molecule has 0 saturated heterocycles. The summed E-state index contributed by atoms with van der Waals surface area (Å²) in [5.41, 5.74) is 0. The van der Waals surface area contributed by atoms with E-state index in [-0.39, 0.29) is 6.42 Å². The van der Waals surface area contributed by atoms with Gasteiger partial charge in [-0.25, -0.2) is 0 Å². The van der Waals surface area contributed by atoms with Crippen LogP contribution in [0.15, 0.2) is 0 Å². The average molecular weight is 170 g/mol. The summed E-state index contributed by atoms with van der Waals surface area (Å²) < 4.78 is -0.472. The van der Waals surface area contributed by atoms with E-state index in [9.17, 15) is 4.79 Å². The normalized spacial score (nSPS) is 9.80. The molecule has 0 aromatic heterocycles. The van der Waals surface area contributed by atoms with Crippen LogP contribution in [0.1, 0.15) is 13.3 Å². The van der Waals surface area contributed by atoms with Crippen molar-refractivity contribution >= 4 is 37.6 Å². The van der Waals surface area contributed by atoms with Gasteiger partial charge in [0.1, 0.15) is 0 Å². The molecule has 0 radical (unpaired) electrons. The van der Waals surface area contributed by atoms with E-state index in [2.05, 4.69) is 19.6 Å². The van der Waals surface area contributed by atoms with Crippen molar-refractivity contribution in [3.63, 3.8) is 0 Å². The first-order chi connectivity index (χ1) is 4.27. The van der Waals surface area contributed by atoms with Gasteiger partial charge in [-0.2, -0.15) is 0 Å². The van der Waals surface area contributed by atoms with Crippen LogP contribution in [0.4, 0.5) is 0 Å². The first kappa shape index (κ1) is 13.3. The third-order valence-electron chi connectivity index (χ3n) is 0.302.